The van der Waals surface area contributed by atoms with Crippen molar-refractivity contribution in [3.05, 3.63) is 108 Å². The Bertz CT molecular complexity index is 1820. The first-order valence-corrected chi connectivity index (χ1v) is 16.4. The Morgan fingerprint density at radius 2 is 1.06 bits per heavy atom. The van der Waals surface area contributed by atoms with Crippen molar-refractivity contribution >= 4 is 39.1 Å². The molecule has 5 aromatic carbocycles. The molecule has 0 saturated carbocycles. The highest BCUT2D eigenvalue weighted by Gasteiger charge is 2.19. The molecule has 0 saturated heterocycles. The van der Waals surface area contributed by atoms with E-state index >= 15 is 0 Å². The van der Waals surface area contributed by atoms with Gasteiger partial charge in [-0.05, 0) is 101 Å². The minimum atomic E-state index is -0.462. The van der Waals surface area contributed by atoms with Gasteiger partial charge in [-0.25, -0.2) is 4.79 Å². The number of amides is 1. The Labute approximate surface area is 282 Å². The topological polar surface area (TPSA) is 83.5 Å². The molecule has 0 fully saturated rings. The summed E-state index contributed by atoms with van der Waals surface area (Å²) in [6.45, 7) is 3.12. The quantitative estimate of drug-likeness (QED) is 0.0430. The number of methoxy groups -OCH3 is 2. The molecule has 8 heteroatoms. The van der Waals surface area contributed by atoms with Crippen LogP contribution in [0.4, 0.5) is 5.69 Å². The van der Waals surface area contributed by atoms with Crippen LogP contribution in [-0.2, 0) is 9.47 Å². The first-order valence-electron chi connectivity index (χ1n) is 16.4. The normalized spacial score (nSPS) is 11.1. The van der Waals surface area contributed by atoms with Crippen LogP contribution in [0.25, 0.3) is 21.5 Å². The van der Waals surface area contributed by atoms with Crippen LogP contribution in [0.2, 0.25) is 0 Å². The maximum absolute atomic E-state index is 14.0. The van der Waals surface area contributed by atoms with Gasteiger partial charge in [-0.2, -0.15) is 0 Å². The molecule has 0 heterocycles. The molecule has 0 radical (unpaired) electrons. The summed E-state index contributed by atoms with van der Waals surface area (Å²) in [6, 6.07) is 29.6. The van der Waals surface area contributed by atoms with Crippen LogP contribution in [0.3, 0.4) is 0 Å². The van der Waals surface area contributed by atoms with Crippen molar-refractivity contribution in [3.8, 4) is 17.2 Å². The number of carbonyl (C=O) groups is 2. The Morgan fingerprint density at radius 1 is 0.562 bits per heavy atom. The largest absolute Gasteiger partial charge is 0.468 e. The summed E-state index contributed by atoms with van der Waals surface area (Å²) in [5, 5.41) is 3.75. The third kappa shape index (κ3) is 9.12. The van der Waals surface area contributed by atoms with Crippen LogP contribution < -0.4 is 19.1 Å². The van der Waals surface area contributed by atoms with Gasteiger partial charge in [0.1, 0.15) is 17.2 Å². The van der Waals surface area contributed by atoms with Gasteiger partial charge in [0.15, 0.2) is 13.6 Å². The second-order valence-corrected chi connectivity index (χ2v) is 11.7. The molecule has 250 valence electrons. The maximum atomic E-state index is 14.0. The molecule has 5 aromatic rings. The lowest BCUT2D eigenvalue weighted by Crippen LogP contribution is -2.32. The van der Waals surface area contributed by atoms with Crippen molar-refractivity contribution in [2.45, 2.75) is 45.4 Å². The van der Waals surface area contributed by atoms with Crippen LogP contribution in [0, 0.1) is 0 Å². The van der Waals surface area contributed by atoms with Crippen LogP contribution >= 0.6 is 0 Å². The number of unbranched alkanes of at least 4 members (excludes halogenated alkanes) is 5. The Balaban J connectivity index is 1.30. The number of fused-ring (bicyclic) bond motifs is 2. The molecule has 0 bridgehead atoms. The summed E-state index contributed by atoms with van der Waals surface area (Å²) >= 11 is 0. The van der Waals surface area contributed by atoms with Gasteiger partial charge in [0, 0.05) is 32.0 Å². The van der Waals surface area contributed by atoms with Crippen molar-refractivity contribution in [1.82, 2.24) is 0 Å². The highest BCUT2D eigenvalue weighted by molar-refractivity contribution is 6.08. The number of rotatable bonds is 17. The lowest BCUT2D eigenvalue weighted by molar-refractivity contribution is 0.0510. The fraction of sp³-hybridized carbons (Fsp3) is 0.300. The molecule has 0 aliphatic carbocycles. The van der Waals surface area contributed by atoms with E-state index in [1.54, 1.807) is 38.5 Å². The summed E-state index contributed by atoms with van der Waals surface area (Å²) < 4.78 is 26.8. The second kappa shape index (κ2) is 17.3. The van der Waals surface area contributed by atoms with E-state index in [0.29, 0.717) is 34.9 Å². The van der Waals surface area contributed by atoms with Gasteiger partial charge in [0.25, 0.3) is 5.91 Å². The fourth-order valence-electron chi connectivity index (χ4n) is 5.56. The lowest BCUT2D eigenvalue weighted by atomic mass is 10.0. The van der Waals surface area contributed by atoms with E-state index in [9.17, 15) is 9.59 Å². The molecule has 0 aromatic heterocycles. The van der Waals surface area contributed by atoms with Crippen LogP contribution in [0.1, 0.15) is 66.2 Å². The van der Waals surface area contributed by atoms with Gasteiger partial charge in [-0.3, -0.25) is 4.79 Å². The van der Waals surface area contributed by atoms with Gasteiger partial charge in [0.05, 0.1) is 5.56 Å². The summed E-state index contributed by atoms with van der Waals surface area (Å²) in [4.78, 5) is 28.9. The summed E-state index contributed by atoms with van der Waals surface area (Å²) in [5.41, 5.74) is 1.78. The monoisotopic (exact) mass is 649 g/mol. The molecule has 0 unspecified atom stereocenters. The number of hydrogen-bond acceptors (Lipinski definition) is 7. The number of esters is 1. The zero-order valence-electron chi connectivity index (χ0n) is 27.9. The van der Waals surface area contributed by atoms with E-state index in [0.717, 1.165) is 46.5 Å². The minimum Gasteiger partial charge on any atom is -0.468 e. The standard InChI is InChI=1S/C40H43NO7/c1-4-5-6-7-8-9-22-41(39(42)33-12-10-31-25-37(46-27-44-2)18-14-29(31)23-33)35-16-20-36(21-17-35)48-40(43)34-13-11-32-26-38(47-28-45-3)19-15-30(32)24-34/h10-21,23-26H,4-9,22,27-28H2,1-3H3. The molecule has 1 amide bonds. The lowest BCUT2D eigenvalue weighted by Gasteiger charge is -2.23. The third-order valence-electron chi connectivity index (χ3n) is 8.13. The molecular formula is C40H43NO7. The molecule has 48 heavy (non-hydrogen) atoms. The van der Waals surface area contributed by atoms with Gasteiger partial charge in [0.2, 0.25) is 0 Å². The maximum Gasteiger partial charge on any atom is 0.343 e. The van der Waals surface area contributed by atoms with Gasteiger partial charge >= 0.3 is 5.97 Å². The third-order valence-corrected chi connectivity index (χ3v) is 8.13. The van der Waals surface area contributed by atoms with Gasteiger partial charge in [-0.15, -0.1) is 0 Å². The fourth-order valence-corrected chi connectivity index (χ4v) is 5.56. The Kier molecular flexibility index (Phi) is 12.4. The van der Waals surface area contributed by atoms with Crippen molar-refractivity contribution < 1.29 is 33.3 Å². The van der Waals surface area contributed by atoms with Crippen molar-refractivity contribution in [3.63, 3.8) is 0 Å². The predicted octanol–water partition coefficient (Wildman–Crippen LogP) is 9.18. The van der Waals surface area contributed by atoms with E-state index in [2.05, 4.69) is 6.92 Å². The average Bonchev–Trinajstić information content (AvgIpc) is 3.12. The Hall–Kier alpha value is -4.92. The number of nitrogens with zero attached hydrogens (tertiary/aromatic N) is 1. The molecule has 5 rings (SSSR count). The molecular weight excluding hydrogens is 606 g/mol. The SMILES string of the molecule is CCCCCCCCN(C(=O)c1ccc2cc(OCOC)ccc2c1)c1ccc(OC(=O)c2ccc3cc(OCOC)ccc3c2)cc1. The molecule has 0 spiro atoms. The minimum absolute atomic E-state index is 0.0816. The molecule has 8 nitrogen and oxygen atoms in total. The molecule has 0 aliphatic heterocycles. The smallest absolute Gasteiger partial charge is 0.343 e. The van der Waals surface area contributed by atoms with E-state index < -0.39 is 5.97 Å². The van der Waals surface area contributed by atoms with E-state index in [4.69, 9.17) is 23.7 Å². The van der Waals surface area contributed by atoms with E-state index in [1.807, 2.05) is 77.7 Å². The number of ether oxygens (including phenoxy) is 5. The molecule has 0 aliphatic rings. The number of anilines is 1. The average molecular weight is 650 g/mol. The van der Waals surface area contributed by atoms with Crippen LogP contribution in [-0.4, -0.2) is 46.2 Å². The van der Waals surface area contributed by atoms with Crippen molar-refractivity contribution in [2.24, 2.45) is 0 Å². The second-order valence-electron chi connectivity index (χ2n) is 11.7. The van der Waals surface area contributed by atoms with Crippen molar-refractivity contribution in [2.75, 3.05) is 39.3 Å². The van der Waals surface area contributed by atoms with E-state index in [-0.39, 0.29) is 19.5 Å². The zero-order chi connectivity index (χ0) is 33.7. The van der Waals surface area contributed by atoms with Gasteiger partial charge in [-0.1, -0.05) is 63.3 Å². The van der Waals surface area contributed by atoms with Crippen molar-refractivity contribution in [1.29, 1.82) is 0 Å². The van der Waals surface area contributed by atoms with Crippen LogP contribution in [0.5, 0.6) is 17.2 Å². The molecule has 0 atom stereocenters. The number of hydrogen-bond donors (Lipinski definition) is 0. The predicted molar refractivity (Wildman–Crippen MR) is 189 cm³/mol. The summed E-state index contributed by atoms with van der Waals surface area (Å²) in [6.07, 6.45) is 6.70. The number of carbonyl (C=O) groups excluding carboxylic acids is 2. The zero-order valence-corrected chi connectivity index (χ0v) is 27.9. The van der Waals surface area contributed by atoms with Gasteiger partial charge < -0.3 is 28.6 Å². The summed E-state index contributed by atoms with van der Waals surface area (Å²) in [5.74, 6) is 1.25. The highest BCUT2D eigenvalue weighted by Crippen LogP contribution is 2.27. The molecule has 0 N–H and O–H groups in total. The number of benzene rings is 5. The van der Waals surface area contributed by atoms with Crippen LogP contribution in [0.15, 0.2) is 97.1 Å². The first-order chi connectivity index (χ1) is 23.5. The first kappa shape index (κ1) is 34.4. The highest BCUT2D eigenvalue weighted by atomic mass is 16.7. The Morgan fingerprint density at radius 3 is 1.67 bits per heavy atom. The van der Waals surface area contributed by atoms with E-state index in [1.165, 1.54) is 19.3 Å². The summed E-state index contributed by atoms with van der Waals surface area (Å²) in [7, 11) is 3.15.